The van der Waals surface area contributed by atoms with Crippen LogP contribution in [0.2, 0.25) is 10.0 Å². The Labute approximate surface area is 105 Å². The smallest absolute Gasteiger partial charge is 0.399 e. The van der Waals surface area contributed by atoms with Crippen molar-refractivity contribution in [3.63, 3.8) is 0 Å². The van der Waals surface area contributed by atoms with Gasteiger partial charge in [-0.1, -0.05) is 34.8 Å². The summed E-state index contributed by atoms with van der Waals surface area (Å²) in [6.07, 6.45) is -3.97. The van der Waals surface area contributed by atoms with Crippen LogP contribution in [0.5, 0.6) is 0 Å². The third kappa shape index (κ3) is 3.20. The zero-order chi connectivity index (χ0) is 12.5. The van der Waals surface area contributed by atoms with E-state index in [9.17, 15) is 13.2 Å². The first-order valence-electron chi connectivity index (χ1n) is 3.90. The van der Waals surface area contributed by atoms with Crippen molar-refractivity contribution in [1.29, 1.82) is 0 Å². The molecular formula is C9H5Cl3F3N. The lowest BCUT2D eigenvalue weighted by molar-refractivity contribution is -0.0836. The molecule has 0 aliphatic heterocycles. The summed E-state index contributed by atoms with van der Waals surface area (Å²) in [7, 11) is 0. The summed E-state index contributed by atoms with van der Waals surface area (Å²) in [5, 5.41) is -1.29. The van der Waals surface area contributed by atoms with Crippen molar-refractivity contribution in [2.45, 2.75) is 6.18 Å². The van der Waals surface area contributed by atoms with Crippen LogP contribution in [0.1, 0.15) is 5.56 Å². The maximum absolute atomic E-state index is 12.2. The number of anilines is 1. The zero-order valence-corrected chi connectivity index (χ0v) is 9.84. The van der Waals surface area contributed by atoms with Crippen molar-refractivity contribution in [3.05, 3.63) is 32.8 Å². The Morgan fingerprint density at radius 1 is 1.19 bits per heavy atom. The van der Waals surface area contributed by atoms with Crippen molar-refractivity contribution < 1.29 is 13.2 Å². The summed E-state index contributed by atoms with van der Waals surface area (Å²) in [4.78, 5) is 0. The van der Waals surface area contributed by atoms with Gasteiger partial charge in [0.15, 0.2) is 0 Å². The van der Waals surface area contributed by atoms with Crippen molar-refractivity contribution >= 4 is 46.6 Å². The average molecular weight is 290 g/mol. The Morgan fingerprint density at radius 3 is 2.00 bits per heavy atom. The van der Waals surface area contributed by atoms with Crippen LogP contribution in [-0.2, 0) is 0 Å². The Bertz CT molecular complexity index is 417. The number of nitrogen functional groups attached to an aromatic ring is 1. The van der Waals surface area contributed by atoms with Crippen LogP contribution in [0.25, 0.3) is 6.08 Å². The van der Waals surface area contributed by atoms with Gasteiger partial charge in [0, 0.05) is 11.3 Å². The minimum Gasteiger partial charge on any atom is -0.399 e. The lowest BCUT2D eigenvalue weighted by Gasteiger charge is -2.07. The highest BCUT2D eigenvalue weighted by Gasteiger charge is 2.32. The predicted octanol–water partition coefficient (Wildman–Crippen LogP) is 4.72. The molecule has 0 radical (unpaired) electrons. The summed E-state index contributed by atoms with van der Waals surface area (Å²) in [6, 6.07) is 2.58. The van der Waals surface area contributed by atoms with Gasteiger partial charge in [-0.2, -0.15) is 13.2 Å². The molecule has 1 nitrogen and oxygen atoms in total. The van der Waals surface area contributed by atoms with Crippen molar-refractivity contribution in [2.24, 2.45) is 0 Å². The number of hydrogen-bond donors (Lipinski definition) is 1. The fourth-order valence-electron chi connectivity index (χ4n) is 0.950. The highest BCUT2D eigenvalue weighted by molar-refractivity contribution is 6.39. The maximum atomic E-state index is 12.2. The van der Waals surface area contributed by atoms with Gasteiger partial charge in [-0.25, -0.2) is 0 Å². The van der Waals surface area contributed by atoms with E-state index in [1.165, 1.54) is 12.1 Å². The summed E-state index contributed by atoms with van der Waals surface area (Å²) in [5.74, 6) is 0. The van der Waals surface area contributed by atoms with E-state index in [2.05, 4.69) is 0 Å². The summed E-state index contributed by atoms with van der Waals surface area (Å²) in [5.41, 5.74) is 5.65. The van der Waals surface area contributed by atoms with E-state index >= 15 is 0 Å². The van der Waals surface area contributed by atoms with E-state index in [1.54, 1.807) is 0 Å². The van der Waals surface area contributed by atoms with E-state index in [0.29, 0.717) is 6.08 Å². The van der Waals surface area contributed by atoms with E-state index in [4.69, 9.17) is 40.5 Å². The highest BCUT2D eigenvalue weighted by atomic mass is 35.5. The molecule has 0 saturated heterocycles. The fraction of sp³-hybridized carbons (Fsp3) is 0.111. The molecule has 88 valence electrons. The number of rotatable bonds is 1. The summed E-state index contributed by atoms with van der Waals surface area (Å²) < 4.78 is 36.5. The molecule has 2 N–H and O–H groups in total. The first-order valence-corrected chi connectivity index (χ1v) is 5.04. The first kappa shape index (κ1) is 13.5. The second-order valence-corrected chi connectivity index (χ2v) is 4.11. The summed E-state index contributed by atoms with van der Waals surface area (Å²) in [6.45, 7) is 0. The standard InChI is InChI=1S/C9H5Cl3F3N/c10-6-1-4(16)2-7(11)5(6)3-8(12)9(13,14)15/h1-3H,16H2/b8-3-. The maximum Gasteiger partial charge on any atom is 0.426 e. The molecule has 0 fully saturated rings. The number of benzene rings is 1. The first-order chi connectivity index (χ1) is 7.21. The van der Waals surface area contributed by atoms with Gasteiger partial charge in [-0.05, 0) is 18.2 Å². The van der Waals surface area contributed by atoms with Crippen LogP contribution < -0.4 is 5.73 Å². The average Bonchev–Trinajstić information content (AvgIpc) is 2.08. The summed E-state index contributed by atoms with van der Waals surface area (Å²) >= 11 is 16.5. The molecule has 16 heavy (non-hydrogen) atoms. The fourth-order valence-corrected chi connectivity index (χ4v) is 1.67. The lowest BCUT2D eigenvalue weighted by Crippen LogP contribution is -2.06. The molecule has 0 aliphatic carbocycles. The van der Waals surface area contributed by atoms with Crippen LogP contribution in [-0.4, -0.2) is 6.18 Å². The Balaban J connectivity index is 3.26. The monoisotopic (exact) mass is 289 g/mol. The number of nitrogens with two attached hydrogens (primary N) is 1. The number of allylic oxidation sites excluding steroid dienone is 1. The number of halogens is 6. The predicted molar refractivity (Wildman–Crippen MR) is 60.8 cm³/mol. The van der Waals surface area contributed by atoms with E-state index < -0.39 is 11.2 Å². The lowest BCUT2D eigenvalue weighted by atomic mass is 10.2. The van der Waals surface area contributed by atoms with Crippen molar-refractivity contribution in [2.75, 3.05) is 5.73 Å². The van der Waals surface area contributed by atoms with Gasteiger partial charge in [0.2, 0.25) is 0 Å². The van der Waals surface area contributed by atoms with Gasteiger partial charge in [-0.3, -0.25) is 0 Å². The highest BCUT2D eigenvalue weighted by Crippen LogP contribution is 2.35. The second-order valence-electron chi connectivity index (χ2n) is 2.89. The molecular weight excluding hydrogens is 285 g/mol. The second kappa shape index (κ2) is 4.73. The Morgan fingerprint density at radius 2 is 1.62 bits per heavy atom. The topological polar surface area (TPSA) is 26.0 Å². The molecule has 0 amide bonds. The van der Waals surface area contributed by atoms with E-state index in [-0.39, 0.29) is 21.3 Å². The van der Waals surface area contributed by atoms with Crippen LogP contribution in [0.4, 0.5) is 18.9 Å². The Hall–Kier alpha value is -0.580. The van der Waals surface area contributed by atoms with Crippen LogP contribution in [0, 0.1) is 0 Å². The van der Waals surface area contributed by atoms with Gasteiger partial charge in [0.05, 0.1) is 10.0 Å². The molecule has 7 heteroatoms. The van der Waals surface area contributed by atoms with Gasteiger partial charge in [-0.15, -0.1) is 0 Å². The van der Waals surface area contributed by atoms with Crippen LogP contribution in [0.3, 0.4) is 0 Å². The number of alkyl halides is 3. The van der Waals surface area contributed by atoms with Crippen LogP contribution in [0.15, 0.2) is 17.2 Å². The van der Waals surface area contributed by atoms with Crippen LogP contribution >= 0.6 is 34.8 Å². The molecule has 0 spiro atoms. The third-order valence-electron chi connectivity index (χ3n) is 1.64. The van der Waals surface area contributed by atoms with E-state index in [1.807, 2.05) is 0 Å². The minimum atomic E-state index is -4.63. The van der Waals surface area contributed by atoms with Gasteiger partial charge in [0.25, 0.3) is 0 Å². The molecule has 0 heterocycles. The normalized spacial score (nSPS) is 13.0. The van der Waals surface area contributed by atoms with Gasteiger partial charge in [0.1, 0.15) is 5.03 Å². The third-order valence-corrected chi connectivity index (χ3v) is 2.59. The Kier molecular flexibility index (Phi) is 3.99. The molecule has 1 rings (SSSR count). The molecule has 0 saturated carbocycles. The molecule has 1 aromatic rings. The van der Waals surface area contributed by atoms with E-state index in [0.717, 1.165) is 0 Å². The van der Waals surface area contributed by atoms with Gasteiger partial charge >= 0.3 is 6.18 Å². The number of hydrogen-bond acceptors (Lipinski definition) is 1. The zero-order valence-electron chi connectivity index (χ0n) is 7.58. The largest absolute Gasteiger partial charge is 0.426 e. The quantitative estimate of drug-likeness (QED) is 0.744. The molecule has 1 aromatic carbocycles. The minimum absolute atomic E-state index is 0.00685. The SMILES string of the molecule is Nc1cc(Cl)c(/C=C(\Cl)C(F)(F)F)c(Cl)c1. The van der Waals surface area contributed by atoms with Crippen molar-refractivity contribution in [3.8, 4) is 0 Å². The van der Waals surface area contributed by atoms with Gasteiger partial charge < -0.3 is 5.73 Å². The molecule has 0 bridgehead atoms. The molecule has 0 aromatic heterocycles. The van der Waals surface area contributed by atoms with Crippen molar-refractivity contribution in [1.82, 2.24) is 0 Å². The molecule has 0 aliphatic rings. The molecule has 0 atom stereocenters. The molecule has 0 unspecified atom stereocenters.